The second-order valence-corrected chi connectivity index (χ2v) is 5.24. The van der Waals surface area contributed by atoms with Gasteiger partial charge in [0.15, 0.2) is 0 Å². The van der Waals surface area contributed by atoms with E-state index in [1.54, 1.807) is 0 Å². The lowest BCUT2D eigenvalue weighted by Crippen LogP contribution is -2.49. The summed E-state index contributed by atoms with van der Waals surface area (Å²) in [5.74, 6) is 0.249. The molecule has 1 amide bonds. The normalized spacial score (nSPS) is 17.6. The highest BCUT2D eigenvalue weighted by Gasteiger charge is 2.38. The molecule has 1 saturated heterocycles. The Hall–Kier alpha value is -0.610. The first-order valence-corrected chi connectivity index (χ1v) is 7.27. The minimum atomic E-state index is -0.339. The number of ether oxygens (including phenoxy) is 1. The lowest BCUT2D eigenvalue weighted by Gasteiger charge is -2.36. The van der Waals surface area contributed by atoms with Crippen molar-refractivity contribution in [2.24, 2.45) is 11.1 Å². The van der Waals surface area contributed by atoms with Gasteiger partial charge >= 0.3 is 0 Å². The van der Waals surface area contributed by atoms with Crippen LogP contribution in [-0.2, 0) is 9.53 Å². The van der Waals surface area contributed by atoms with Gasteiger partial charge in [0.1, 0.15) is 0 Å². The molecule has 0 aromatic heterocycles. The van der Waals surface area contributed by atoms with E-state index in [1.165, 1.54) is 0 Å². The summed E-state index contributed by atoms with van der Waals surface area (Å²) in [6.07, 6.45) is 4.74. The monoisotopic (exact) mass is 256 g/mol. The topological polar surface area (TPSA) is 55.6 Å². The predicted molar refractivity (Wildman–Crippen MR) is 73.3 cm³/mol. The first-order chi connectivity index (χ1) is 8.70. The van der Waals surface area contributed by atoms with Gasteiger partial charge in [-0.25, -0.2) is 0 Å². The van der Waals surface area contributed by atoms with Gasteiger partial charge in [0, 0.05) is 26.2 Å². The highest BCUT2D eigenvalue weighted by molar-refractivity contribution is 5.83. The van der Waals surface area contributed by atoms with Crippen LogP contribution in [0.3, 0.4) is 0 Å². The van der Waals surface area contributed by atoms with Crippen LogP contribution < -0.4 is 5.73 Å². The van der Waals surface area contributed by atoms with Crippen LogP contribution in [0.15, 0.2) is 0 Å². The average molecular weight is 256 g/mol. The van der Waals surface area contributed by atoms with Crippen LogP contribution in [0.25, 0.3) is 0 Å². The Morgan fingerprint density at radius 1 is 1.22 bits per heavy atom. The molecule has 1 heterocycles. The maximum atomic E-state index is 12.8. The van der Waals surface area contributed by atoms with E-state index in [9.17, 15) is 4.79 Å². The third-order valence-corrected chi connectivity index (χ3v) is 3.81. The van der Waals surface area contributed by atoms with Crippen molar-refractivity contribution in [3.05, 3.63) is 0 Å². The number of amides is 1. The second kappa shape index (κ2) is 7.74. The van der Waals surface area contributed by atoms with Crippen molar-refractivity contribution in [3.8, 4) is 0 Å². The smallest absolute Gasteiger partial charge is 0.230 e. The van der Waals surface area contributed by atoms with E-state index < -0.39 is 0 Å². The van der Waals surface area contributed by atoms with Gasteiger partial charge in [0.25, 0.3) is 0 Å². The Labute approximate surface area is 111 Å². The summed E-state index contributed by atoms with van der Waals surface area (Å²) in [5.41, 5.74) is 5.61. The summed E-state index contributed by atoms with van der Waals surface area (Å²) in [6.45, 7) is 7.66. The summed E-state index contributed by atoms with van der Waals surface area (Å²) in [6, 6.07) is 0. The van der Waals surface area contributed by atoms with E-state index in [2.05, 4.69) is 13.8 Å². The SMILES string of the molecule is CCCC(CN)(CCC)C(=O)N1CCCOCC1. The zero-order valence-corrected chi connectivity index (χ0v) is 11.9. The van der Waals surface area contributed by atoms with Gasteiger partial charge in [0.2, 0.25) is 5.91 Å². The van der Waals surface area contributed by atoms with Crippen LogP contribution in [0, 0.1) is 5.41 Å². The lowest BCUT2D eigenvalue weighted by atomic mass is 9.78. The molecule has 1 aliphatic rings. The van der Waals surface area contributed by atoms with Crippen LogP contribution in [0.5, 0.6) is 0 Å². The number of rotatable bonds is 6. The van der Waals surface area contributed by atoms with Crippen molar-refractivity contribution in [2.75, 3.05) is 32.8 Å². The predicted octanol–water partition coefficient (Wildman–Crippen LogP) is 1.78. The van der Waals surface area contributed by atoms with E-state index in [-0.39, 0.29) is 11.3 Å². The molecule has 2 N–H and O–H groups in total. The maximum absolute atomic E-state index is 12.8. The number of nitrogens with two attached hydrogens (primary N) is 1. The minimum absolute atomic E-state index is 0.249. The molecule has 4 heteroatoms. The first-order valence-electron chi connectivity index (χ1n) is 7.27. The quantitative estimate of drug-likeness (QED) is 0.788. The third kappa shape index (κ3) is 3.69. The zero-order valence-electron chi connectivity index (χ0n) is 11.9. The maximum Gasteiger partial charge on any atom is 0.230 e. The van der Waals surface area contributed by atoms with Crippen LogP contribution in [0.1, 0.15) is 46.0 Å². The molecule has 106 valence electrons. The van der Waals surface area contributed by atoms with Crippen molar-refractivity contribution < 1.29 is 9.53 Å². The fraction of sp³-hybridized carbons (Fsp3) is 0.929. The third-order valence-electron chi connectivity index (χ3n) is 3.81. The van der Waals surface area contributed by atoms with E-state index in [1.807, 2.05) is 4.90 Å². The van der Waals surface area contributed by atoms with Gasteiger partial charge in [-0.15, -0.1) is 0 Å². The molecule has 1 rings (SSSR count). The molecule has 0 aromatic rings. The number of hydrogen-bond donors (Lipinski definition) is 1. The van der Waals surface area contributed by atoms with Crippen molar-refractivity contribution in [2.45, 2.75) is 46.0 Å². The minimum Gasteiger partial charge on any atom is -0.380 e. The van der Waals surface area contributed by atoms with Gasteiger partial charge in [-0.05, 0) is 19.3 Å². The summed E-state index contributed by atoms with van der Waals surface area (Å²) >= 11 is 0. The number of carbonyl (C=O) groups is 1. The molecule has 0 bridgehead atoms. The molecule has 4 nitrogen and oxygen atoms in total. The van der Waals surface area contributed by atoms with Gasteiger partial charge in [-0.1, -0.05) is 26.7 Å². The second-order valence-electron chi connectivity index (χ2n) is 5.24. The summed E-state index contributed by atoms with van der Waals surface area (Å²) < 4.78 is 5.42. The molecular formula is C14H28N2O2. The van der Waals surface area contributed by atoms with Crippen LogP contribution in [0.2, 0.25) is 0 Å². The van der Waals surface area contributed by atoms with E-state index in [4.69, 9.17) is 10.5 Å². The number of carbonyl (C=O) groups excluding carboxylic acids is 1. The molecule has 1 fully saturated rings. The molecule has 0 radical (unpaired) electrons. The fourth-order valence-corrected chi connectivity index (χ4v) is 2.87. The molecule has 0 aliphatic carbocycles. The Kier molecular flexibility index (Phi) is 6.65. The van der Waals surface area contributed by atoms with Crippen molar-refractivity contribution in [3.63, 3.8) is 0 Å². The molecule has 0 unspecified atom stereocenters. The molecule has 0 saturated carbocycles. The number of hydrogen-bond acceptors (Lipinski definition) is 3. The van der Waals surface area contributed by atoms with Crippen molar-refractivity contribution in [1.82, 2.24) is 4.90 Å². The highest BCUT2D eigenvalue weighted by atomic mass is 16.5. The summed E-state index contributed by atoms with van der Waals surface area (Å²) in [4.78, 5) is 14.7. The van der Waals surface area contributed by atoms with Crippen molar-refractivity contribution >= 4 is 5.91 Å². The van der Waals surface area contributed by atoms with Crippen molar-refractivity contribution in [1.29, 1.82) is 0 Å². The van der Waals surface area contributed by atoms with Crippen LogP contribution in [-0.4, -0.2) is 43.7 Å². The zero-order chi connectivity index (χ0) is 13.4. The molecule has 0 spiro atoms. The molecule has 1 aliphatic heterocycles. The summed E-state index contributed by atoms with van der Waals surface area (Å²) in [7, 11) is 0. The molecular weight excluding hydrogens is 228 g/mol. The van der Waals surface area contributed by atoms with E-state index in [0.717, 1.165) is 45.3 Å². The molecule has 0 aromatic carbocycles. The molecule has 0 atom stereocenters. The van der Waals surface area contributed by atoms with Gasteiger partial charge in [-0.2, -0.15) is 0 Å². The van der Waals surface area contributed by atoms with Gasteiger partial charge < -0.3 is 15.4 Å². The van der Waals surface area contributed by atoms with E-state index in [0.29, 0.717) is 19.7 Å². The van der Waals surface area contributed by atoms with Gasteiger partial charge in [0.05, 0.1) is 12.0 Å². The lowest BCUT2D eigenvalue weighted by molar-refractivity contribution is -0.142. The Bertz CT molecular complexity index is 242. The summed E-state index contributed by atoms with van der Waals surface area (Å²) in [5, 5.41) is 0. The first kappa shape index (κ1) is 15.4. The molecule has 18 heavy (non-hydrogen) atoms. The number of nitrogens with zero attached hydrogens (tertiary/aromatic N) is 1. The highest BCUT2D eigenvalue weighted by Crippen LogP contribution is 2.31. The van der Waals surface area contributed by atoms with Gasteiger partial charge in [-0.3, -0.25) is 4.79 Å². The Morgan fingerprint density at radius 3 is 2.44 bits per heavy atom. The Morgan fingerprint density at radius 2 is 1.89 bits per heavy atom. The van der Waals surface area contributed by atoms with Crippen LogP contribution in [0.4, 0.5) is 0 Å². The largest absolute Gasteiger partial charge is 0.380 e. The Balaban J connectivity index is 2.78. The average Bonchev–Trinajstić information content (AvgIpc) is 2.66. The van der Waals surface area contributed by atoms with E-state index >= 15 is 0 Å². The fourth-order valence-electron chi connectivity index (χ4n) is 2.87. The van der Waals surface area contributed by atoms with Crippen LogP contribution >= 0.6 is 0 Å². The standard InChI is InChI=1S/C14H28N2O2/c1-3-6-14(12-15,7-4-2)13(17)16-8-5-10-18-11-9-16/h3-12,15H2,1-2H3.